The van der Waals surface area contributed by atoms with Gasteiger partial charge in [-0.25, -0.2) is 9.13 Å². The Morgan fingerprint density at radius 1 is 0.306 bits per heavy atom. The monoisotopic (exact) mass is 1420 g/mol. The minimum absolute atomic E-state index is 0.0975. The molecule has 0 saturated heterocycles. The number of allylic oxidation sites excluding steroid dienone is 15. The first-order valence-electron chi connectivity index (χ1n) is 38.5. The van der Waals surface area contributed by atoms with E-state index in [1.807, 2.05) is 12.2 Å². The number of hydrogen-bond donors (Lipinski definition) is 3. The fourth-order valence-corrected chi connectivity index (χ4v) is 11.9. The van der Waals surface area contributed by atoms with Crippen LogP contribution in [0.1, 0.15) is 323 Å². The van der Waals surface area contributed by atoms with Crippen molar-refractivity contribution >= 4 is 39.5 Å². The van der Waals surface area contributed by atoms with Crippen LogP contribution < -0.4 is 0 Å². The Balaban J connectivity index is 5.37. The van der Waals surface area contributed by atoms with Gasteiger partial charge in [0.1, 0.15) is 19.3 Å². The summed E-state index contributed by atoms with van der Waals surface area (Å²) in [6, 6.07) is 0. The van der Waals surface area contributed by atoms with Gasteiger partial charge in [0.05, 0.1) is 32.8 Å². The number of unbranched alkanes of at least 4 members (excludes halogenated alkanes) is 31. The van der Waals surface area contributed by atoms with Crippen LogP contribution in [0.4, 0.5) is 0 Å². The van der Waals surface area contributed by atoms with E-state index in [0.717, 1.165) is 135 Å². The molecule has 0 spiro atoms. The molecule has 19 heteroatoms. The van der Waals surface area contributed by atoms with Crippen LogP contribution >= 0.6 is 15.6 Å². The quantitative estimate of drug-likeness (QED) is 0.0169. The predicted octanol–water partition coefficient (Wildman–Crippen LogP) is 22.0. The molecule has 566 valence electrons. The maximum absolute atomic E-state index is 13.1. The molecule has 0 aromatic rings. The van der Waals surface area contributed by atoms with Crippen molar-refractivity contribution in [3.05, 3.63) is 97.2 Å². The zero-order valence-electron chi connectivity index (χ0n) is 61.7. The minimum Gasteiger partial charge on any atom is -0.462 e. The summed E-state index contributed by atoms with van der Waals surface area (Å²) in [6.07, 6.45) is 74.3. The van der Waals surface area contributed by atoms with Crippen molar-refractivity contribution in [3.63, 3.8) is 0 Å². The molecule has 0 aliphatic carbocycles. The van der Waals surface area contributed by atoms with E-state index in [1.165, 1.54) is 109 Å². The van der Waals surface area contributed by atoms with Gasteiger partial charge in [-0.05, 0) is 83.5 Å². The van der Waals surface area contributed by atoms with Gasteiger partial charge >= 0.3 is 39.5 Å². The van der Waals surface area contributed by atoms with E-state index in [4.69, 9.17) is 37.0 Å². The Morgan fingerprint density at radius 2 is 0.571 bits per heavy atom. The van der Waals surface area contributed by atoms with Crippen molar-refractivity contribution < 1.29 is 80.2 Å². The van der Waals surface area contributed by atoms with E-state index in [0.29, 0.717) is 25.7 Å². The van der Waals surface area contributed by atoms with Crippen LogP contribution in [0.5, 0.6) is 0 Å². The van der Waals surface area contributed by atoms with Crippen LogP contribution in [0.15, 0.2) is 97.2 Å². The Hall–Kier alpha value is -4.02. The number of esters is 4. The lowest BCUT2D eigenvalue weighted by Crippen LogP contribution is -2.30. The minimum atomic E-state index is -5.00. The molecule has 0 rings (SSSR count). The molecule has 0 aromatic carbocycles. The van der Waals surface area contributed by atoms with Gasteiger partial charge in [0.2, 0.25) is 0 Å². The summed E-state index contributed by atoms with van der Waals surface area (Å²) >= 11 is 0. The highest BCUT2D eigenvalue weighted by atomic mass is 31.2. The lowest BCUT2D eigenvalue weighted by Gasteiger charge is -2.21. The third-order valence-electron chi connectivity index (χ3n) is 16.1. The van der Waals surface area contributed by atoms with Gasteiger partial charge in [-0.1, -0.05) is 311 Å². The van der Waals surface area contributed by atoms with Crippen molar-refractivity contribution in [1.82, 2.24) is 0 Å². The molecule has 0 aliphatic rings. The van der Waals surface area contributed by atoms with Crippen molar-refractivity contribution in [1.29, 1.82) is 0 Å². The Bertz CT molecular complexity index is 2240. The summed E-state index contributed by atoms with van der Waals surface area (Å²) in [6.45, 7) is 4.55. The fourth-order valence-electron chi connectivity index (χ4n) is 10.3. The number of rotatable bonds is 72. The summed E-state index contributed by atoms with van der Waals surface area (Å²) in [5.74, 6) is -2.31. The molecule has 0 bridgehead atoms. The summed E-state index contributed by atoms with van der Waals surface area (Å²) in [7, 11) is -9.97. The first-order valence-corrected chi connectivity index (χ1v) is 41.5. The summed E-state index contributed by atoms with van der Waals surface area (Å²) in [4.78, 5) is 72.8. The second kappa shape index (κ2) is 71.4. The molecule has 3 N–H and O–H groups in total. The van der Waals surface area contributed by atoms with E-state index in [2.05, 4.69) is 101 Å². The third-order valence-corrected chi connectivity index (χ3v) is 18.0. The molecular formula is C79H138O17P2. The number of aliphatic hydroxyl groups excluding tert-OH is 1. The maximum Gasteiger partial charge on any atom is 0.472 e. The molecular weight excluding hydrogens is 1280 g/mol. The molecule has 17 nitrogen and oxygen atoms in total. The number of phosphoric ester groups is 2. The van der Waals surface area contributed by atoms with Crippen molar-refractivity contribution in [2.24, 2.45) is 0 Å². The smallest absolute Gasteiger partial charge is 0.462 e. The van der Waals surface area contributed by atoms with E-state index in [-0.39, 0.29) is 25.7 Å². The Kier molecular flexibility index (Phi) is 68.4. The van der Waals surface area contributed by atoms with E-state index < -0.39 is 97.5 Å². The van der Waals surface area contributed by atoms with Crippen LogP contribution in [0.3, 0.4) is 0 Å². The standard InChI is InChI=1S/C79H138O17P2/c1-5-9-13-17-21-25-29-32-35-36-39-41-45-48-52-56-60-64-77(82)90-70-75(96-79(84)66-62-58-54-50-46-42-38-34-31-27-23-19-15-11-7-3)72-94-98(87,88)92-68-73(80)67-91-97(85,86)93-71-74(95-78(83)65-61-57-53-49-43-28-24-20-16-12-8-4)69-89-76(81)63-59-55-51-47-44-40-37-33-30-26-22-18-14-10-6-2/h9,11,13,15,21,23,25,27,32,34-35,38,46,50,58,62,73-75,80H,5-8,10,12,14,16-20,22,24,26,28-31,33,36-37,39-45,47-49,51-57,59-61,63-72H2,1-4H3,(H,85,86)(H,87,88)/b13-9-,15-11-,25-21-,27-23-,35-32-,38-34-,50-46-,62-58-. The van der Waals surface area contributed by atoms with E-state index in [9.17, 15) is 43.2 Å². The van der Waals surface area contributed by atoms with Gasteiger partial charge in [0, 0.05) is 19.3 Å². The van der Waals surface area contributed by atoms with Gasteiger partial charge in [0.15, 0.2) is 12.2 Å². The molecule has 5 atom stereocenters. The number of carbonyl (C=O) groups is 4. The highest BCUT2D eigenvalue weighted by Crippen LogP contribution is 2.45. The molecule has 0 fully saturated rings. The van der Waals surface area contributed by atoms with Crippen LogP contribution in [0.25, 0.3) is 0 Å². The summed E-state index contributed by atoms with van der Waals surface area (Å²) < 4.78 is 68.3. The fraction of sp³-hybridized carbons (Fsp3) is 0.747. The maximum atomic E-state index is 13.1. The normalized spacial score (nSPS) is 14.5. The zero-order chi connectivity index (χ0) is 71.8. The lowest BCUT2D eigenvalue weighted by atomic mass is 10.0. The zero-order valence-corrected chi connectivity index (χ0v) is 63.5. The van der Waals surface area contributed by atoms with Gasteiger partial charge in [-0.3, -0.25) is 37.3 Å². The topological polar surface area (TPSA) is 237 Å². The van der Waals surface area contributed by atoms with Gasteiger partial charge < -0.3 is 33.8 Å². The average molecular weight is 1420 g/mol. The Labute approximate surface area is 595 Å². The van der Waals surface area contributed by atoms with Gasteiger partial charge in [-0.15, -0.1) is 0 Å². The first kappa shape index (κ1) is 94.0. The summed E-state index contributed by atoms with van der Waals surface area (Å²) in [5.41, 5.74) is 0. The second-order valence-corrected chi connectivity index (χ2v) is 28.5. The molecule has 0 aliphatic heterocycles. The number of carbonyl (C=O) groups excluding carboxylic acids is 4. The molecule has 0 heterocycles. The number of hydrogen-bond acceptors (Lipinski definition) is 15. The van der Waals surface area contributed by atoms with Crippen molar-refractivity contribution in [2.45, 2.75) is 341 Å². The van der Waals surface area contributed by atoms with Gasteiger partial charge in [-0.2, -0.15) is 0 Å². The Morgan fingerprint density at radius 3 is 0.908 bits per heavy atom. The second-order valence-electron chi connectivity index (χ2n) is 25.6. The van der Waals surface area contributed by atoms with Crippen LogP contribution in [-0.2, 0) is 65.4 Å². The number of ether oxygens (including phenoxy) is 4. The molecule has 0 amide bonds. The van der Waals surface area contributed by atoms with Crippen molar-refractivity contribution in [3.8, 4) is 0 Å². The predicted molar refractivity (Wildman–Crippen MR) is 399 cm³/mol. The highest BCUT2D eigenvalue weighted by molar-refractivity contribution is 7.47. The van der Waals surface area contributed by atoms with Crippen molar-refractivity contribution in [2.75, 3.05) is 39.6 Å². The molecule has 0 saturated carbocycles. The number of aliphatic hydroxyl groups is 1. The number of phosphoric acid groups is 2. The highest BCUT2D eigenvalue weighted by Gasteiger charge is 2.30. The van der Waals surface area contributed by atoms with E-state index >= 15 is 0 Å². The van der Waals surface area contributed by atoms with Crippen LogP contribution in [0.2, 0.25) is 0 Å². The first-order chi connectivity index (χ1) is 47.7. The largest absolute Gasteiger partial charge is 0.472 e. The van der Waals surface area contributed by atoms with Gasteiger partial charge in [0.25, 0.3) is 0 Å². The third kappa shape index (κ3) is 70.4. The summed E-state index contributed by atoms with van der Waals surface area (Å²) in [5, 5.41) is 10.6. The molecule has 98 heavy (non-hydrogen) atoms. The molecule has 0 radical (unpaired) electrons. The molecule has 0 aromatic heterocycles. The van der Waals surface area contributed by atoms with Crippen LogP contribution in [0, 0.1) is 0 Å². The lowest BCUT2D eigenvalue weighted by molar-refractivity contribution is -0.161. The molecule has 5 unspecified atom stereocenters. The average Bonchev–Trinajstić information content (AvgIpc) is 0.980. The SMILES string of the molecule is CC/C=C\C/C=C\C/C=C\C/C=C\C/C=C\CC(=O)OC(COC(=O)CCCCCCCCC/C=C\C/C=C\C/C=C\CC)COP(=O)(O)OCC(O)COP(=O)(O)OCC(COC(=O)CCCCCCCCCCCCCCCCC)OC(=O)CCCCCCCCCCCCC. The van der Waals surface area contributed by atoms with Crippen LogP contribution in [-0.4, -0.2) is 96.7 Å². The van der Waals surface area contributed by atoms with E-state index in [1.54, 1.807) is 12.2 Å².